The minimum absolute atomic E-state index is 0.861. The van der Waals surface area contributed by atoms with Crippen molar-refractivity contribution < 1.29 is 5.11 Å². The standard InChI is InChI=1S/C10H17O/c1-2-3-4-5-6-7-8-9-10-11/h5-6,9-10H,2-4,7-8H2,1H3. The van der Waals surface area contributed by atoms with Crippen LogP contribution in [0.5, 0.6) is 0 Å². The molecule has 0 amide bonds. The van der Waals surface area contributed by atoms with Gasteiger partial charge in [-0.15, -0.1) is 0 Å². The highest BCUT2D eigenvalue weighted by Gasteiger charge is 1.78. The highest BCUT2D eigenvalue weighted by atomic mass is 16.2. The van der Waals surface area contributed by atoms with Gasteiger partial charge in [0.2, 0.25) is 0 Å². The third-order valence-electron chi connectivity index (χ3n) is 1.49. The Hall–Kier alpha value is -0.720. The molecule has 11 heavy (non-hydrogen) atoms. The van der Waals surface area contributed by atoms with E-state index in [0.717, 1.165) is 19.1 Å². The van der Waals surface area contributed by atoms with Crippen LogP contribution in [0.2, 0.25) is 0 Å². The maximum absolute atomic E-state index is 9.86. The van der Waals surface area contributed by atoms with E-state index in [1.165, 1.54) is 19.3 Å². The molecule has 0 aromatic carbocycles. The van der Waals surface area contributed by atoms with Gasteiger partial charge in [-0.1, -0.05) is 31.9 Å². The van der Waals surface area contributed by atoms with Gasteiger partial charge in [-0.2, -0.15) is 0 Å². The van der Waals surface area contributed by atoms with Gasteiger partial charge in [0.15, 0.2) is 0 Å². The molecule has 0 aromatic rings. The Balaban J connectivity index is 3.03. The van der Waals surface area contributed by atoms with Crippen molar-refractivity contribution in [1.29, 1.82) is 0 Å². The van der Waals surface area contributed by atoms with E-state index in [-0.39, 0.29) is 0 Å². The topological polar surface area (TPSA) is 19.9 Å². The Morgan fingerprint density at radius 2 is 1.64 bits per heavy atom. The fourth-order valence-corrected chi connectivity index (χ4v) is 0.818. The van der Waals surface area contributed by atoms with Crippen LogP contribution in [0.15, 0.2) is 24.5 Å². The molecule has 0 aliphatic rings. The Kier molecular flexibility index (Phi) is 8.67. The van der Waals surface area contributed by atoms with Crippen molar-refractivity contribution in [2.45, 2.75) is 39.0 Å². The van der Waals surface area contributed by atoms with Crippen LogP contribution in [0.25, 0.3) is 0 Å². The molecular formula is C10H17O. The molecular weight excluding hydrogens is 136 g/mol. The average Bonchev–Trinajstić information content (AvgIpc) is 2.03. The van der Waals surface area contributed by atoms with Gasteiger partial charge in [0.05, 0.1) is 0 Å². The monoisotopic (exact) mass is 153 g/mol. The molecule has 0 saturated heterocycles. The second-order valence-corrected chi connectivity index (χ2v) is 2.56. The predicted molar refractivity (Wildman–Crippen MR) is 47.7 cm³/mol. The first kappa shape index (κ1) is 10.3. The summed E-state index contributed by atoms with van der Waals surface area (Å²) in [6, 6.07) is 0. The molecule has 0 aliphatic carbocycles. The molecule has 0 spiro atoms. The number of hydrogen-bond acceptors (Lipinski definition) is 0. The fourth-order valence-electron chi connectivity index (χ4n) is 0.818. The van der Waals surface area contributed by atoms with Crippen LogP contribution in [0.4, 0.5) is 0 Å². The third kappa shape index (κ3) is 9.28. The molecule has 0 rings (SSSR count). The van der Waals surface area contributed by atoms with Crippen LogP contribution in [0.1, 0.15) is 39.0 Å². The number of allylic oxidation sites excluding steroid dienone is 3. The van der Waals surface area contributed by atoms with Crippen molar-refractivity contribution >= 4 is 0 Å². The summed E-state index contributed by atoms with van der Waals surface area (Å²) in [6.07, 6.45) is 12.5. The molecule has 1 heteroatoms. The van der Waals surface area contributed by atoms with E-state index < -0.39 is 0 Å². The lowest BCUT2D eigenvalue weighted by molar-refractivity contribution is 0.350. The van der Waals surface area contributed by atoms with E-state index in [1.54, 1.807) is 6.08 Å². The van der Waals surface area contributed by atoms with E-state index in [9.17, 15) is 5.11 Å². The predicted octanol–water partition coefficient (Wildman–Crippen LogP) is 3.46. The fraction of sp³-hybridized carbons (Fsp3) is 0.600. The SMILES string of the molecule is CCCCC=CCCC=C[O]. The lowest BCUT2D eigenvalue weighted by atomic mass is 10.2. The van der Waals surface area contributed by atoms with Gasteiger partial charge in [-0.05, 0) is 25.3 Å². The second kappa shape index (κ2) is 9.28. The zero-order chi connectivity index (χ0) is 8.36. The van der Waals surface area contributed by atoms with E-state index >= 15 is 0 Å². The Bertz CT molecular complexity index is 114. The molecule has 1 radical (unpaired) electrons. The van der Waals surface area contributed by atoms with Crippen molar-refractivity contribution in [2.24, 2.45) is 0 Å². The third-order valence-corrected chi connectivity index (χ3v) is 1.49. The van der Waals surface area contributed by atoms with Crippen molar-refractivity contribution in [2.75, 3.05) is 0 Å². The van der Waals surface area contributed by atoms with Crippen LogP contribution in [-0.4, -0.2) is 0 Å². The van der Waals surface area contributed by atoms with Gasteiger partial charge < -0.3 is 0 Å². The number of rotatable bonds is 6. The maximum Gasteiger partial charge on any atom is 0.138 e. The van der Waals surface area contributed by atoms with Crippen molar-refractivity contribution in [3.63, 3.8) is 0 Å². The van der Waals surface area contributed by atoms with Crippen LogP contribution in [0, 0.1) is 0 Å². The van der Waals surface area contributed by atoms with Crippen LogP contribution < -0.4 is 0 Å². The smallest absolute Gasteiger partial charge is 0.138 e. The molecule has 0 atom stereocenters. The molecule has 0 bridgehead atoms. The molecule has 1 nitrogen and oxygen atoms in total. The van der Waals surface area contributed by atoms with Gasteiger partial charge in [0, 0.05) is 0 Å². The molecule has 0 heterocycles. The molecule has 0 fully saturated rings. The summed E-state index contributed by atoms with van der Waals surface area (Å²) in [4.78, 5) is 0. The van der Waals surface area contributed by atoms with Crippen molar-refractivity contribution in [3.05, 3.63) is 24.5 Å². The van der Waals surface area contributed by atoms with Gasteiger partial charge >= 0.3 is 0 Å². The second-order valence-electron chi connectivity index (χ2n) is 2.56. The van der Waals surface area contributed by atoms with Gasteiger partial charge in [0.25, 0.3) is 0 Å². The summed E-state index contributed by atoms with van der Waals surface area (Å²) < 4.78 is 0. The average molecular weight is 153 g/mol. The van der Waals surface area contributed by atoms with Gasteiger partial charge in [-0.25, -0.2) is 0 Å². The quantitative estimate of drug-likeness (QED) is 0.316. The van der Waals surface area contributed by atoms with Crippen LogP contribution in [-0.2, 0) is 5.11 Å². The van der Waals surface area contributed by atoms with E-state index in [1.807, 2.05) is 0 Å². The normalized spacial score (nSPS) is 11.7. The summed E-state index contributed by atoms with van der Waals surface area (Å²) in [6.45, 7) is 2.19. The first-order valence-corrected chi connectivity index (χ1v) is 4.33. The summed E-state index contributed by atoms with van der Waals surface area (Å²) >= 11 is 0. The lowest BCUT2D eigenvalue weighted by Gasteiger charge is -1.87. The molecule has 0 aromatic heterocycles. The molecule has 0 N–H and O–H groups in total. The van der Waals surface area contributed by atoms with E-state index in [4.69, 9.17) is 0 Å². The van der Waals surface area contributed by atoms with Gasteiger partial charge in [0.1, 0.15) is 6.26 Å². The summed E-state index contributed by atoms with van der Waals surface area (Å²) in [5.74, 6) is 0. The van der Waals surface area contributed by atoms with Crippen molar-refractivity contribution in [1.82, 2.24) is 0 Å². The molecule has 0 saturated carbocycles. The summed E-state index contributed by atoms with van der Waals surface area (Å²) in [7, 11) is 0. The lowest BCUT2D eigenvalue weighted by Crippen LogP contribution is -1.68. The summed E-state index contributed by atoms with van der Waals surface area (Å²) in [5.41, 5.74) is 0. The first-order valence-electron chi connectivity index (χ1n) is 4.33. The van der Waals surface area contributed by atoms with Crippen molar-refractivity contribution in [3.8, 4) is 0 Å². The maximum atomic E-state index is 9.86. The minimum Gasteiger partial charge on any atom is -0.299 e. The van der Waals surface area contributed by atoms with Crippen LogP contribution >= 0.6 is 0 Å². The number of hydrogen-bond donors (Lipinski definition) is 0. The Morgan fingerprint density at radius 3 is 2.27 bits per heavy atom. The highest BCUT2D eigenvalue weighted by molar-refractivity contribution is 4.84. The highest BCUT2D eigenvalue weighted by Crippen LogP contribution is 1.98. The zero-order valence-corrected chi connectivity index (χ0v) is 7.25. The van der Waals surface area contributed by atoms with E-state index in [2.05, 4.69) is 19.1 Å². The Labute approximate surface area is 69.4 Å². The molecule has 63 valence electrons. The Morgan fingerprint density at radius 1 is 1.00 bits per heavy atom. The van der Waals surface area contributed by atoms with Crippen LogP contribution in [0.3, 0.4) is 0 Å². The van der Waals surface area contributed by atoms with Gasteiger partial charge in [-0.3, -0.25) is 5.11 Å². The minimum atomic E-state index is 0.861. The molecule has 0 unspecified atom stereocenters. The first-order chi connectivity index (χ1) is 5.41. The largest absolute Gasteiger partial charge is 0.299 e. The summed E-state index contributed by atoms with van der Waals surface area (Å²) in [5, 5.41) is 9.86. The molecule has 0 aliphatic heterocycles. The zero-order valence-electron chi connectivity index (χ0n) is 7.25. The van der Waals surface area contributed by atoms with E-state index in [0.29, 0.717) is 0 Å². The number of unbranched alkanes of at least 4 members (excludes halogenated alkanes) is 3.